The minimum absolute atomic E-state index is 0. The lowest BCUT2D eigenvalue weighted by atomic mass is 9.83. The summed E-state index contributed by atoms with van der Waals surface area (Å²) in [5.74, 6) is 0.210. The van der Waals surface area contributed by atoms with Gasteiger partial charge in [-0.15, -0.1) is 12.4 Å². The Morgan fingerprint density at radius 1 is 1.08 bits per heavy atom. The highest BCUT2D eigenvalue weighted by atomic mass is 35.5. The van der Waals surface area contributed by atoms with Gasteiger partial charge in [0.05, 0.1) is 0 Å². The fourth-order valence-electron chi connectivity index (χ4n) is 2.86. The highest BCUT2D eigenvalue weighted by Crippen LogP contribution is 2.26. The van der Waals surface area contributed by atoms with E-state index >= 15 is 0 Å². The Morgan fingerprint density at radius 2 is 1.62 bits per heavy atom. The van der Waals surface area contributed by atoms with Gasteiger partial charge in [0.25, 0.3) is 0 Å². The summed E-state index contributed by atoms with van der Waals surface area (Å²) < 4.78 is 0. The van der Waals surface area contributed by atoms with Crippen LogP contribution in [0.5, 0.6) is 0 Å². The highest BCUT2D eigenvalue weighted by molar-refractivity contribution is 5.93. The Hall–Kier alpha value is -1.59. The number of carbonyl (C=O) groups excluding carboxylic acids is 2. The van der Waals surface area contributed by atoms with Gasteiger partial charge in [-0.05, 0) is 43.0 Å². The number of nitrogens with one attached hydrogen (secondary N) is 2. The van der Waals surface area contributed by atoms with Crippen molar-refractivity contribution < 1.29 is 9.59 Å². The summed E-state index contributed by atoms with van der Waals surface area (Å²) in [6.45, 7) is 3.69. The summed E-state index contributed by atoms with van der Waals surface area (Å²) in [4.78, 5) is 23.8. The summed E-state index contributed by atoms with van der Waals surface area (Å²) >= 11 is 0. The first-order valence-electron chi connectivity index (χ1n) is 8.42. The summed E-state index contributed by atoms with van der Waals surface area (Å²) in [7, 11) is 0. The number of hydrogen-bond acceptors (Lipinski definition) is 3. The monoisotopic (exact) mass is 353 g/mol. The standard InChI is InChI=1S/C18H27N3O2.ClH/c1-12(2)18(23)21-15-9-7-14(8-10-15)20-17(22)11-13-5-3-4-6-16(13)19;/h7-10,12-13,16H,3-6,11,19H2,1-2H3,(H,20,22)(H,21,23);1H. The number of benzene rings is 1. The fourth-order valence-corrected chi connectivity index (χ4v) is 2.86. The normalized spacial score (nSPS) is 20.2. The Morgan fingerprint density at radius 3 is 2.17 bits per heavy atom. The van der Waals surface area contributed by atoms with Crippen molar-refractivity contribution in [2.45, 2.75) is 52.0 Å². The third-order valence-corrected chi connectivity index (χ3v) is 4.38. The number of rotatable bonds is 5. The SMILES string of the molecule is CC(C)C(=O)Nc1ccc(NC(=O)CC2CCCCC2N)cc1.Cl. The number of amides is 2. The first-order valence-corrected chi connectivity index (χ1v) is 8.42. The van der Waals surface area contributed by atoms with E-state index in [1.54, 1.807) is 24.3 Å². The molecule has 1 aliphatic carbocycles. The molecule has 0 bridgehead atoms. The topological polar surface area (TPSA) is 84.2 Å². The molecule has 1 aliphatic rings. The number of anilines is 2. The van der Waals surface area contributed by atoms with E-state index in [0.29, 0.717) is 6.42 Å². The van der Waals surface area contributed by atoms with Gasteiger partial charge < -0.3 is 16.4 Å². The number of hydrogen-bond donors (Lipinski definition) is 3. The second-order valence-corrected chi connectivity index (χ2v) is 6.68. The van der Waals surface area contributed by atoms with E-state index in [4.69, 9.17) is 5.73 Å². The van der Waals surface area contributed by atoms with Gasteiger partial charge in [-0.1, -0.05) is 26.7 Å². The van der Waals surface area contributed by atoms with Crippen molar-refractivity contribution in [3.05, 3.63) is 24.3 Å². The van der Waals surface area contributed by atoms with Crippen molar-refractivity contribution in [1.29, 1.82) is 0 Å². The molecule has 5 nitrogen and oxygen atoms in total. The van der Waals surface area contributed by atoms with Gasteiger partial charge >= 0.3 is 0 Å². The molecule has 4 N–H and O–H groups in total. The van der Waals surface area contributed by atoms with Crippen molar-refractivity contribution in [2.75, 3.05) is 10.6 Å². The predicted molar refractivity (Wildman–Crippen MR) is 100 cm³/mol. The second kappa shape index (κ2) is 9.64. The van der Waals surface area contributed by atoms with Crippen molar-refractivity contribution in [3.63, 3.8) is 0 Å². The third-order valence-electron chi connectivity index (χ3n) is 4.38. The van der Waals surface area contributed by atoms with Gasteiger partial charge in [0.15, 0.2) is 0 Å². The van der Waals surface area contributed by atoms with Crippen LogP contribution in [0.4, 0.5) is 11.4 Å². The summed E-state index contributed by atoms with van der Waals surface area (Å²) in [6.07, 6.45) is 4.86. The van der Waals surface area contributed by atoms with E-state index in [-0.39, 0.29) is 42.1 Å². The summed E-state index contributed by atoms with van der Waals surface area (Å²) in [6, 6.07) is 7.33. The molecule has 0 saturated heterocycles. The molecule has 2 amide bonds. The van der Waals surface area contributed by atoms with Crippen molar-refractivity contribution in [3.8, 4) is 0 Å². The van der Waals surface area contributed by atoms with Crippen LogP contribution in [-0.4, -0.2) is 17.9 Å². The van der Waals surface area contributed by atoms with E-state index in [9.17, 15) is 9.59 Å². The Labute approximate surface area is 150 Å². The quantitative estimate of drug-likeness (QED) is 0.756. The molecule has 1 aromatic rings. The van der Waals surface area contributed by atoms with Crippen LogP contribution >= 0.6 is 12.4 Å². The summed E-state index contributed by atoms with van der Waals surface area (Å²) in [5.41, 5.74) is 7.56. The van der Waals surface area contributed by atoms with E-state index < -0.39 is 0 Å². The molecule has 24 heavy (non-hydrogen) atoms. The van der Waals surface area contributed by atoms with Crippen LogP contribution in [0.3, 0.4) is 0 Å². The molecular formula is C18H28ClN3O2. The Kier molecular flexibility index (Phi) is 8.22. The molecule has 2 atom stereocenters. The van der Waals surface area contributed by atoms with E-state index in [1.165, 1.54) is 6.42 Å². The van der Waals surface area contributed by atoms with Crippen LogP contribution in [0.15, 0.2) is 24.3 Å². The largest absolute Gasteiger partial charge is 0.327 e. The maximum absolute atomic E-state index is 12.1. The minimum atomic E-state index is -0.0610. The van der Waals surface area contributed by atoms with Gasteiger partial charge in [-0.25, -0.2) is 0 Å². The smallest absolute Gasteiger partial charge is 0.226 e. The van der Waals surface area contributed by atoms with Gasteiger partial charge in [-0.3, -0.25) is 9.59 Å². The van der Waals surface area contributed by atoms with E-state index in [1.807, 2.05) is 13.8 Å². The molecule has 0 spiro atoms. The van der Waals surface area contributed by atoms with Gasteiger partial charge in [0.1, 0.15) is 0 Å². The molecule has 0 aromatic heterocycles. The zero-order valence-electron chi connectivity index (χ0n) is 14.4. The third kappa shape index (κ3) is 6.13. The number of carbonyl (C=O) groups is 2. The molecule has 2 rings (SSSR count). The van der Waals surface area contributed by atoms with Crippen molar-refractivity contribution >= 4 is 35.6 Å². The predicted octanol–water partition coefficient (Wildman–Crippen LogP) is 3.55. The molecule has 1 aromatic carbocycles. The number of halogens is 1. The Balaban J connectivity index is 0.00000288. The minimum Gasteiger partial charge on any atom is -0.327 e. The lowest BCUT2D eigenvalue weighted by Crippen LogP contribution is -2.35. The molecule has 134 valence electrons. The van der Waals surface area contributed by atoms with Crippen LogP contribution in [0.2, 0.25) is 0 Å². The van der Waals surface area contributed by atoms with Crippen molar-refractivity contribution in [2.24, 2.45) is 17.6 Å². The lowest BCUT2D eigenvalue weighted by molar-refractivity contribution is -0.119. The van der Waals surface area contributed by atoms with Gasteiger partial charge in [0, 0.05) is 29.8 Å². The second-order valence-electron chi connectivity index (χ2n) is 6.68. The van der Waals surface area contributed by atoms with Gasteiger partial charge in [-0.2, -0.15) is 0 Å². The van der Waals surface area contributed by atoms with Crippen LogP contribution in [0.1, 0.15) is 46.0 Å². The molecule has 0 heterocycles. The van der Waals surface area contributed by atoms with Crippen LogP contribution in [-0.2, 0) is 9.59 Å². The van der Waals surface area contributed by atoms with E-state index in [0.717, 1.165) is 30.6 Å². The average molecular weight is 354 g/mol. The Bertz CT molecular complexity index is 546. The first kappa shape index (κ1) is 20.5. The van der Waals surface area contributed by atoms with Crippen LogP contribution in [0.25, 0.3) is 0 Å². The first-order chi connectivity index (χ1) is 11.0. The fraction of sp³-hybridized carbons (Fsp3) is 0.556. The highest BCUT2D eigenvalue weighted by Gasteiger charge is 2.24. The van der Waals surface area contributed by atoms with Crippen LogP contribution in [0, 0.1) is 11.8 Å². The lowest BCUT2D eigenvalue weighted by Gasteiger charge is -2.27. The van der Waals surface area contributed by atoms with Crippen LogP contribution < -0.4 is 16.4 Å². The maximum Gasteiger partial charge on any atom is 0.226 e. The molecule has 6 heteroatoms. The molecule has 2 unspecified atom stereocenters. The molecule has 1 saturated carbocycles. The summed E-state index contributed by atoms with van der Waals surface area (Å²) in [5, 5.41) is 5.73. The maximum atomic E-state index is 12.1. The zero-order chi connectivity index (χ0) is 16.8. The number of nitrogens with two attached hydrogens (primary N) is 1. The molecular weight excluding hydrogens is 326 g/mol. The van der Waals surface area contributed by atoms with Gasteiger partial charge in [0.2, 0.25) is 11.8 Å². The van der Waals surface area contributed by atoms with E-state index in [2.05, 4.69) is 10.6 Å². The molecule has 0 aliphatic heterocycles. The average Bonchev–Trinajstić information content (AvgIpc) is 2.51. The molecule has 0 radical (unpaired) electrons. The zero-order valence-corrected chi connectivity index (χ0v) is 15.2. The molecule has 1 fully saturated rings. The van der Waals surface area contributed by atoms with Crippen molar-refractivity contribution in [1.82, 2.24) is 0 Å².